The zero-order chi connectivity index (χ0) is 13.7. The van der Waals surface area contributed by atoms with Crippen LogP contribution in [0.3, 0.4) is 0 Å². The molecular weight excluding hydrogens is 236 g/mol. The second-order valence-electron chi connectivity index (χ2n) is 4.73. The molecule has 0 saturated carbocycles. The van der Waals surface area contributed by atoms with E-state index in [1.165, 1.54) is 5.56 Å². The quantitative estimate of drug-likeness (QED) is 0.886. The van der Waals surface area contributed by atoms with Gasteiger partial charge in [0.15, 0.2) is 0 Å². The van der Waals surface area contributed by atoms with Gasteiger partial charge in [-0.15, -0.1) is 0 Å². The van der Waals surface area contributed by atoms with E-state index < -0.39 is 0 Å². The van der Waals surface area contributed by atoms with Crippen LogP contribution in [0.2, 0.25) is 0 Å². The summed E-state index contributed by atoms with van der Waals surface area (Å²) < 4.78 is 5.91. The molecule has 0 bridgehead atoms. The first-order chi connectivity index (χ1) is 9.20. The molecule has 0 fully saturated rings. The fraction of sp³-hybridized carbons (Fsp3) is 0.312. The van der Waals surface area contributed by atoms with E-state index in [1.54, 1.807) is 12.3 Å². The number of nitrogens with two attached hydrogens (primary N) is 1. The maximum atomic E-state index is 5.91. The zero-order valence-electron chi connectivity index (χ0n) is 11.5. The highest BCUT2D eigenvalue weighted by atomic mass is 16.5. The second-order valence-corrected chi connectivity index (χ2v) is 4.73. The van der Waals surface area contributed by atoms with Gasteiger partial charge >= 0.3 is 0 Å². The lowest BCUT2D eigenvalue weighted by Crippen LogP contribution is -2.01. The van der Waals surface area contributed by atoms with Crippen LogP contribution in [0.4, 0.5) is 5.82 Å². The molecule has 1 aromatic carbocycles. The third-order valence-corrected chi connectivity index (χ3v) is 3.30. The first kappa shape index (κ1) is 13.4. The van der Waals surface area contributed by atoms with E-state index in [4.69, 9.17) is 10.5 Å². The van der Waals surface area contributed by atoms with Gasteiger partial charge in [0.05, 0.1) is 0 Å². The van der Waals surface area contributed by atoms with Gasteiger partial charge in [-0.25, -0.2) is 4.98 Å². The second kappa shape index (κ2) is 6.23. The molecule has 100 valence electrons. The summed E-state index contributed by atoms with van der Waals surface area (Å²) in [6, 6.07) is 11.9. The summed E-state index contributed by atoms with van der Waals surface area (Å²) in [5.74, 6) is 1.98. The lowest BCUT2D eigenvalue weighted by molar-refractivity contribution is 0.300. The maximum absolute atomic E-state index is 5.91. The fourth-order valence-electron chi connectivity index (χ4n) is 1.92. The Hall–Kier alpha value is -2.03. The summed E-state index contributed by atoms with van der Waals surface area (Å²) in [6.45, 7) is 4.92. The Balaban J connectivity index is 2.09. The molecule has 2 rings (SSSR count). The van der Waals surface area contributed by atoms with E-state index in [-0.39, 0.29) is 0 Å². The minimum absolute atomic E-state index is 0.501. The number of aromatic nitrogens is 1. The molecule has 0 saturated heterocycles. The number of nitrogen functional groups attached to an aromatic ring is 1. The number of ether oxygens (including phenoxy) is 1. The molecule has 0 radical (unpaired) electrons. The summed E-state index contributed by atoms with van der Waals surface area (Å²) in [4.78, 5) is 4.06. The Kier molecular flexibility index (Phi) is 4.39. The van der Waals surface area contributed by atoms with Crippen LogP contribution in [-0.2, 0) is 6.61 Å². The van der Waals surface area contributed by atoms with Crippen molar-refractivity contribution >= 4 is 5.82 Å². The summed E-state index contributed by atoms with van der Waals surface area (Å²) >= 11 is 0. The van der Waals surface area contributed by atoms with Gasteiger partial charge in [0.1, 0.15) is 18.2 Å². The lowest BCUT2D eigenvalue weighted by atomic mass is 9.98. The molecule has 0 aliphatic rings. The third-order valence-electron chi connectivity index (χ3n) is 3.30. The van der Waals surface area contributed by atoms with Crippen molar-refractivity contribution in [2.75, 3.05) is 5.73 Å². The highest BCUT2D eigenvalue weighted by molar-refractivity contribution is 5.36. The molecule has 3 heteroatoms. The molecular formula is C16H20N2O. The standard InChI is InChI=1S/C16H20N2O/c1-3-12(2)14-6-4-5-7-15(14)19-11-13-8-9-16(17)18-10-13/h4-10,12H,3,11H2,1-2H3,(H2,17,18). The van der Waals surface area contributed by atoms with Crippen LogP contribution in [0.15, 0.2) is 42.6 Å². The Morgan fingerprint density at radius 2 is 2.00 bits per heavy atom. The van der Waals surface area contributed by atoms with Crippen molar-refractivity contribution in [1.29, 1.82) is 0 Å². The van der Waals surface area contributed by atoms with Crippen LogP contribution >= 0.6 is 0 Å². The average Bonchev–Trinajstić information content (AvgIpc) is 2.46. The van der Waals surface area contributed by atoms with Crippen molar-refractivity contribution in [3.63, 3.8) is 0 Å². The lowest BCUT2D eigenvalue weighted by Gasteiger charge is -2.15. The van der Waals surface area contributed by atoms with Crippen LogP contribution in [0.25, 0.3) is 0 Å². The van der Waals surface area contributed by atoms with Gasteiger partial charge in [0.25, 0.3) is 0 Å². The van der Waals surface area contributed by atoms with Gasteiger partial charge in [-0.05, 0) is 30.0 Å². The van der Waals surface area contributed by atoms with Gasteiger partial charge in [0.2, 0.25) is 0 Å². The number of benzene rings is 1. The van der Waals surface area contributed by atoms with E-state index in [0.717, 1.165) is 17.7 Å². The molecule has 0 spiro atoms. The fourth-order valence-corrected chi connectivity index (χ4v) is 1.92. The van der Waals surface area contributed by atoms with E-state index in [9.17, 15) is 0 Å². The summed E-state index contributed by atoms with van der Waals surface area (Å²) in [7, 11) is 0. The van der Waals surface area contributed by atoms with Crippen molar-refractivity contribution in [3.8, 4) is 5.75 Å². The Bertz CT molecular complexity index is 523. The van der Waals surface area contributed by atoms with Gasteiger partial charge < -0.3 is 10.5 Å². The number of rotatable bonds is 5. The smallest absolute Gasteiger partial charge is 0.123 e. The molecule has 1 unspecified atom stereocenters. The minimum atomic E-state index is 0.501. The highest BCUT2D eigenvalue weighted by Gasteiger charge is 2.09. The summed E-state index contributed by atoms with van der Waals surface area (Å²) in [5.41, 5.74) is 7.84. The number of nitrogens with zero attached hydrogens (tertiary/aromatic N) is 1. The third kappa shape index (κ3) is 3.47. The number of pyridine rings is 1. The minimum Gasteiger partial charge on any atom is -0.489 e. The topological polar surface area (TPSA) is 48.1 Å². The van der Waals surface area contributed by atoms with Crippen LogP contribution in [0, 0.1) is 0 Å². The molecule has 0 aliphatic carbocycles. The van der Waals surface area contributed by atoms with E-state index in [2.05, 4.69) is 31.0 Å². The van der Waals surface area contributed by atoms with Gasteiger partial charge in [-0.2, -0.15) is 0 Å². The number of hydrogen-bond donors (Lipinski definition) is 1. The first-order valence-corrected chi connectivity index (χ1v) is 6.62. The first-order valence-electron chi connectivity index (χ1n) is 6.62. The van der Waals surface area contributed by atoms with Crippen LogP contribution in [0.1, 0.15) is 37.3 Å². The Morgan fingerprint density at radius 3 is 2.68 bits per heavy atom. The molecule has 1 aromatic heterocycles. The molecule has 0 amide bonds. The SMILES string of the molecule is CCC(C)c1ccccc1OCc1ccc(N)nc1. The van der Waals surface area contributed by atoms with Crippen molar-refractivity contribution in [3.05, 3.63) is 53.7 Å². The van der Waals surface area contributed by atoms with Gasteiger partial charge in [-0.1, -0.05) is 38.1 Å². The predicted molar refractivity (Wildman–Crippen MR) is 78.1 cm³/mol. The zero-order valence-corrected chi connectivity index (χ0v) is 11.5. The van der Waals surface area contributed by atoms with Gasteiger partial charge in [0, 0.05) is 11.8 Å². The van der Waals surface area contributed by atoms with Crippen LogP contribution in [-0.4, -0.2) is 4.98 Å². The average molecular weight is 256 g/mol. The van der Waals surface area contributed by atoms with Gasteiger partial charge in [-0.3, -0.25) is 0 Å². The van der Waals surface area contributed by atoms with Crippen molar-refractivity contribution in [2.45, 2.75) is 32.8 Å². The maximum Gasteiger partial charge on any atom is 0.123 e. The Morgan fingerprint density at radius 1 is 1.21 bits per heavy atom. The number of hydrogen-bond acceptors (Lipinski definition) is 3. The molecule has 3 nitrogen and oxygen atoms in total. The van der Waals surface area contributed by atoms with E-state index in [0.29, 0.717) is 18.3 Å². The predicted octanol–water partition coefficient (Wildman–Crippen LogP) is 3.76. The molecule has 1 atom stereocenters. The van der Waals surface area contributed by atoms with Crippen LogP contribution in [0.5, 0.6) is 5.75 Å². The number of para-hydroxylation sites is 1. The largest absolute Gasteiger partial charge is 0.489 e. The van der Waals surface area contributed by atoms with Crippen molar-refractivity contribution in [2.24, 2.45) is 0 Å². The van der Waals surface area contributed by atoms with Crippen molar-refractivity contribution < 1.29 is 4.74 Å². The Labute approximate surface area is 114 Å². The summed E-state index contributed by atoms with van der Waals surface area (Å²) in [5, 5.41) is 0. The molecule has 2 aromatic rings. The van der Waals surface area contributed by atoms with Crippen LogP contribution < -0.4 is 10.5 Å². The highest BCUT2D eigenvalue weighted by Crippen LogP contribution is 2.28. The molecule has 2 N–H and O–H groups in total. The monoisotopic (exact) mass is 256 g/mol. The van der Waals surface area contributed by atoms with Crippen molar-refractivity contribution in [1.82, 2.24) is 4.98 Å². The molecule has 1 heterocycles. The van der Waals surface area contributed by atoms with E-state index >= 15 is 0 Å². The molecule has 0 aliphatic heterocycles. The van der Waals surface area contributed by atoms with E-state index in [1.807, 2.05) is 18.2 Å². The summed E-state index contributed by atoms with van der Waals surface area (Å²) in [6.07, 6.45) is 2.85. The number of anilines is 1. The normalized spacial score (nSPS) is 12.1. The molecule has 19 heavy (non-hydrogen) atoms.